The lowest BCUT2D eigenvalue weighted by Gasteiger charge is -2.18. The molecule has 0 heterocycles. The highest BCUT2D eigenvalue weighted by molar-refractivity contribution is 5.96. The minimum Gasteiger partial charge on any atom is -0.452 e. The summed E-state index contributed by atoms with van der Waals surface area (Å²) in [7, 11) is 1.51. The molecule has 0 aromatic heterocycles. The Kier molecular flexibility index (Phi) is 7.22. The average Bonchev–Trinajstić information content (AvgIpc) is 2.77. The van der Waals surface area contributed by atoms with Crippen LogP contribution in [0.15, 0.2) is 42.5 Å². The average molecular weight is 408 g/mol. The molecule has 2 amide bonds. The second kappa shape index (κ2) is 10.1. The molecular formula is C24H28N2O4. The van der Waals surface area contributed by atoms with Crippen LogP contribution in [0.3, 0.4) is 0 Å². The van der Waals surface area contributed by atoms with E-state index >= 15 is 0 Å². The molecule has 6 heteroatoms. The van der Waals surface area contributed by atoms with E-state index < -0.39 is 18.5 Å². The number of ether oxygens (including phenoxy) is 1. The zero-order chi connectivity index (χ0) is 21.5. The van der Waals surface area contributed by atoms with Gasteiger partial charge in [0, 0.05) is 12.7 Å². The molecule has 158 valence electrons. The molecule has 30 heavy (non-hydrogen) atoms. The molecule has 0 atom stereocenters. The van der Waals surface area contributed by atoms with Crippen molar-refractivity contribution in [2.75, 3.05) is 25.5 Å². The van der Waals surface area contributed by atoms with E-state index in [2.05, 4.69) is 5.32 Å². The van der Waals surface area contributed by atoms with Crippen LogP contribution in [0, 0.1) is 0 Å². The third-order valence-corrected chi connectivity index (χ3v) is 5.39. The van der Waals surface area contributed by atoms with Crippen LogP contribution in [0.4, 0.5) is 5.69 Å². The molecule has 6 nitrogen and oxygen atoms in total. The topological polar surface area (TPSA) is 75.7 Å². The lowest BCUT2D eigenvalue weighted by atomic mass is 9.90. The summed E-state index contributed by atoms with van der Waals surface area (Å²) >= 11 is 0. The van der Waals surface area contributed by atoms with E-state index in [-0.39, 0.29) is 12.5 Å². The van der Waals surface area contributed by atoms with Gasteiger partial charge in [-0.15, -0.1) is 0 Å². The molecule has 3 rings (SSSR count). The lowest BCUT2D eigenvalue weighted by Crippen LogP contribution is -2.37. The molecule has 0 fully saturated rings. The van der Waals surface area contributed by atoms with E-state index in [1.54, 1.807) is 6.07 Å². The van der Waals surface area contributed by atoms with Crippen molar-refractivity contribution in [1.29, 1.82) is 0 Å². The zero-order valence-electron chi connectivity index (χ0n) is 17.6. The molecular weight excluding hydrogens is 380 g/mol. The maximum Gasteiger partial charge on any atom is 0.338 e. The molecule has 0 saturated carbocycles. The third kappa shape index (κ3) is 5.47. The molecule has 1 N–H and O–H groups in total. The summed E-state index contributed by atoms with van der Waals surface area (Å²) < 4.78 is 5.18. The van der Waals surface area contributed by atoms with Gasteiger partial charge in [0.05, 0.1) is 12.1 Å². The van der Waals surface area contributed by atoms with Gasteiger partial charge in [0.25, 0.3) is 5.91 Å². The Morgan fingerprint density at radius 2 is 1.77 bits per heavy atom. The number of rotatable bonds is 7. The first-order chi connectivity index (χ1) is 14.5. The first-order valence-corrected chi connectivity index (χ1v) is 10.4. The summed E-state index contributed by atoms with van der Waals surface area (Å²) in [6.07, 6.45) is 5.10. The summed E-state index contributed by atoms with van der Waals surface area (Å²) in [6, 6.07) is 13.1. The summed E-state index contributed by atoms with van der Waals surface area (Å²) in [5.74, 6) is -1.25. The van der Waals surface area contributed by atoms with Crippen molar-refractivity contribution < 1.29 is 19.1 Å². The third-order valence-electron chi connectivity index (χ3n) is 5.39. The largest absolute Gasteiger partial charge is 0.452 e. The van der Waals surface area contributed by atoms with Crippen molar-refractivity contribution in [3.8, 4) is 0 Å². The quantitative estimate of drug-likeness (QED) is 0.713. The maximum atomic E-state index is 12.3. The van der Waals surface area contributed by atoms with Gasteiger partial charge in [0.1, 0.15) is 0 Å². The normalized spacial score (nSPS) is 12.6. The Balaban J connectivity index is 1.49. The van der Waals surface area contributed by atoms with Gasteiger partial charge >= 0.3 is 5.97 Å². The van der Waals surface area contributed by atoms with E-state index in [0.717, 1.165) is 36.9 Å². The number of nitrogens with zero attached hydrogens (tertiary/aromatic N) is 1. The molecule has 0 unspecified atom stereocenters. The van der Waals surface area contributed by atoms with Crippen molar-refractivity contribution in [3.05, 3.63) is 64.7 Å². The SMILES string of the molecule is CCc1ccccc1NC(=O)CN(C)C(=O)COC(=O)c1ccc2c(c1)CCCC2. The Labute approximate surface area is 177 Å². The molecule has 2 aromatic carbocycles. The number of benzene rings is 2. The second-order valence-electron chi connectivity index (χ2n) is 7.58. The van der Waals surface area contributed by atoms with Gasteiger partial charge in [-0.3, -0.25) is 9.59 Å². The van der Waals surface area contributed by atoms with Crippen LogP contribution in [0.2, 0.25) is 0 Å². The van der Waals surface area contributed by atoms with Gasteiger partial charge in [-0.2, -0.15) is 0 Å². The van der Waals surface area contributed by atoms with E-state index in [9.17, 15) is 14.4 Å². The van der Waals surface area contributed by atoms with Crippen molar-refractivity contribution in [2.45, 2.75) is 39.0 Å². The highest BCUT2D eigenvalue weighted by atomic mass is 16.5. The number of amides is 2. The van der Waals surface area contributed by atoms with Gasteiger partial charge in [-0.05, 0) is 67.0 Å². The number of anilines is 1. The second-order valence-corrected chi connectivity index (χ2v) is 7.58. The molecule has 1 aliphatic carbocycles. The molecule has 0 spiro atoms. The number of aryl methyl sites for hydroxylation is 3. The van der Waals surface area contributed by atoms with E-state index in [1.807, 2.05) is 43.3 Å². The van der Waals surface area contributed by atoms with Crippen LogP contribution in [0.1, 0.15) is 46.8 Å². The van der Waals surface area contributed by atoms with Gasteiger partial charge in [0.15, 0.2) is 6.61 Å². The molecule has 1 aliphatic rings. The molecule has 0 radical (unpaired) electrons. The fraction of sp³-hybridized carbons (Fsp3) is 0.375. The number of esters is 1. The number of carbonyl (C=O) groups excluding carboxylic acids is 3. The van der Waals surface area contributed by atoms with E-state index in [0.29, 0.717) is 5.56 Å². The minimum atomic E-state index is -0.522. The number of nitrogens with one attached hydrogen (secondary N) is 1. The molecule has 2 aromatic rings. The number of hydrogen-bond donors (Lipinski definition) is 1. The first-order valence-electron chi connectivity index (χ1n) is 10.4. The lowest BCUT2D eigenvalue weighted by molar-refractivity contribution is -0.136. The predicted molar refractivity (Wildman–Crippen MR) is 115 cm³/mol. The van der Waals surface area contributed by atoms with Crippen LogP contribution >= 0.6 is 0 Å². The van der Waals surface area contributed by atoms with Crippen LogP contribution in [0.5, 0.6) is 0 Å². The maximum absolute atomic E-state index is 12.3. The van der Waals surface area contributed by atoms with Gasteiger partial charge < -0.3 is 15.0 Å². The first kappa shape index (κ1) is 21.6. The van der Waals surface area contributed by atoms with Crippen molar-refractivity contribution in [3.63, 3.8) is 0 Å². The Bertz CT molecular complexity index is 939. The fourth-order valence-electron chi connectivity index (χ4n) is 3.63. The van der Waals surface area contributed by atoms with Gasteiger partial charge in [-0.25, -0.2) is 4.79 Å². The summed E-state index contributed by atoms with van der Waals surface area (Å²) in [5, 5.41) is 2.83. The number of fused-ring (bicyclic) bond motifs is 1. The summed E-state index contributed by atoms with van der Waals surface area (Å²) in [6.45, 7) is 1.50. The van der Waals surface area contributed by atoms with E-state index in [1.165, 1.54) is 29.5 Å². The Morgan fingerprint density at radius 1 is 1.03 bits per heavy atom. The fourth-order valence-corrected chi connectivity index (χ4v) is 3.63. The summed E-state index contributed by atoms with van der Waals surface area (Å²) in [4.78, 5) is 38.1. The molecule has 0 aliphatic heterocycles. The Hall–Kier alpha value is -3.15. The number of para-hydroxylation sites is 1. The minimum absolute atomic E-state index is 0.118. The van der Waals surface area contributed by atoms with Crippen molar-refractivity contribution in [1.82, 2.24) is 4.90 Å². The zero-order valence-corrected chi connectivity index (χ0v) is 17.6. The number of likely N-dealkylation sites (N-methyl/N-ethyl adjacent to an activating group) is 1. The van der Waals surface area contributed by atoms with Crippen LogP contribution in [0.25, 0.3) is 0 Å². The van der Waals surface area contributed by atoms with Crippen molar-refractivity contribution >= 4 is 23.5 Å². The van der Waals surface area contributed by atoms with Gasteiger partial charge in [-0.1, -0.05) is 31.2 Å². The van der Waals surface area contributed by atoms with Crippen molar-refractivity contribution in [2.24, 2.45) is 0 Å². The molecule has 0 bridgehead atoms. The highest BCUT2D eigenvalue weighted by Gasteiger charge is 2.18. The number of carbonyl (C=O) groups is 3. The highest BCUT2D eigenvalue weighted by Crippen LogP contribution is 2.22. The predicted octanol–water partition coefficient (Wildman–Crippen LogP) is 3.38. The monoisotopic (exact) mass is 408 g/mol. The standard InChI is InChI=1S/C24H28N2O4/c1-3-17-8-6-7-11-21(17)25-22(27)15-26(2)23(28)16-30-24(29)20-13-12-18-9-4-5-10-19(18)14-20/h6-8,11-14H,3-5,9-10,15-16H2,1-2H3,(H,25,27). The van der Waals surface area contributed by atoms with Crippen LogP contribution in [-0.2, 0) is 33.6 Å². The number of hydrogen-bond acceptors (Lipinski definition) is 4. The van der Waals surface area contributed by atoms with Crippen LogP contribution in [-0.4, -0.2) is 42.9 Å². The smallest absolute Gasteiger partial charge is 0.338 e. The van der Waals surface area contributed by atoms with Gasteiger partial charge in [0.2, 0.25) is 5.91 Å². The van der Waals surface area contributed by atoms with Crippen LogP contribution < -0.4 is 5.32 Å². The Morgan fingerprint density at radius 3 is 2.53 bits per heavy atom. The van der Waals surface area contributed by atoms with E-state index in [4.69, 9.17) is 4.74 Å². The molecule has 0 saturated heterocycles. The summed E-state index contributed by atoms with van der Waals surface area (Å²) in [5.41, 5.74) is 4.69.